The SMILES string of the molecule is CC1C=CC=C(N(c2ccccc2)c2cc3c(cn2)-c2sc(C=C4C(=O)c5nccnc5C4=O)cc2C32c3ccccc3-c3ccccc32)C1. The summed E-state index contributed by atoms with van der Waals surface area (Å²) in [4.78, 5) is 44.4. The van der Waals surface area contributed by atoms with Gasteiger partial charge in [-0.1, -0.05) is 85.8 Å². The Hall–Kier alpha value is -6.05. The topological polar surface area (TPSA) is 76.1 Å². The highest BCUT2D eigenvalue weighted by Crippen LogP contribution is 2.64. The molecule has 3 aromatic heterocycles. The largest absolute Gasteiger partial charge is 0.299 e. The lowest BCUT2D eigenvalue weighted by atomic mass is 9.71. The molecular formula is C43H28N4O2S. The minimum atomic E-state index is -0.616. The van der Waals surface area contributed by atoms with E-state index in [-0.39, 0.29) is 28.5 Å². The molecule has 0 bridgehead atoms. The van der Waals surface area contributed by atoms with Crippen LogP contribution in [0.3, 0.4) is 0 Å². The van der Waals surface area contributed by atoms with Crippen molar-refractivity contribution >= 4 is 40.5 Å². The molecule has 0 saturated carbocycles. The van der Waals surface area contributed by atoms with Gasteiger partial charge in [-0.2, -0.15) is 0 Å². The summed E-state index contributed by atoms with van der Waals surface area (Å²) in [6.45, 7) is 2.24. The number of Topliss-reactive ketones (excluding diaryl/α,β-unsaturated/α-hetero) is 2. The van der Waals surface area contributed by atoms with Gasteiger partial charge in [0.25, 0.3) is 0 Å². The molecule has 0 saturated heterocycles. The molecule has 238 valence electrons. The average molecular weight is 665 g/mol. The Morgan fingerprint density at radius 3 is 2.10 bits per heavy atom. The summed E-state index contributed by atoms with van der Waals surface area (Å²) in [5, 5.41) is 0. The number of allylic oxidation sites excluding steroid dienone is 5. The number of pyridine rings is 1. The second-order valence-electron chi connectivity index (χ2n) is 13.2. The van der Waals surface area contributed by atoms with E-state index in [1.807, 2.05) is 12.3 Å². The van der Waals surface area contributed by atoms with Crippen molar-refractivity contribution in [2.45, 2.75) is 18.8 Å². The number of thiophene rings is 1. The van der Waals surface area contributed by atoms with Crippen LogP contribution in [0.25, 0.3) is 27.6 Å². The molecule has 0 fully saturated rings. The van der Waals surface area contributed by atoms with Gasteiger partial charge >= 0.3 is 0 Å². The van der Waals surface area contributed by atoms with Crippen molar-refractivity contribution in [1.29, 1.82) is 0 Å². The van der Waals surface area contributed by atoms with Gasteiger partial charge in [0.2, 0.25) is 11.6 Å². The van der Waals surface area contributed by atoms with Crippen molar-refractivity contribution < 1.29 is 9.59 Å². The number of carbonyl (C=O) groups excluding carboxylic acids is 2. The molecule has 10 rings (SSSR count). The van der Waals surface area contributed by atoms with E-state index < -0.39 is 5.41 Å². The number of benzene rings is 3. The first-order chi connectivity index (χ1) is 24.5. The van der Waals surface area contributed by atoms with E-state index in [0.717, 1.165) is 38.8 Å². The Labute approximate surface area is 292 Å². The number of aromatic nitrogens is 3. The highest BCUT2D eigenvalue weighted by Gasteiger charge is 2.53. The summed E-state index contributed by atoms with van der Waals surface area (Å²) in [7, 11) is 0. The molecule has 1 unspecified atom stereocenters. The Balaban J connectivity index is 1.22. The van der Waals surface area contributed by atoms with Crippen molar-refractivity contribution in [2.24, 2.45) is 5.92 Å². The number of anilines is 2. The monoisotopic (exact) mass is 664 g/mol. The Kier molecular flexibility index (Phi) is 6.20. The summed E-state index contributed by atoms with van der Waals surface area (Å²) in [6, 6.07) is 32.3. The first kappa shape index (κ1) is 28.9. The van der Waals surface area contributed by atoms with Crippen LogP contribution < -0.4 is 4.90 Å². The summed E-state index contributed by atoms with van der Waals surface area (Å²) in [5.74, 6) is 0.508. The zero-order chi connectivity index (χ0) is 33.6. The average Bonchev–Trinajstić information content (AvgIpc) is 3.85. The maximum atomic E-state index is 13.3. The Morgan fingerprint density at radius 2 is 1.42 bits per heavy atom. The summed E-state index contributed by atoms with van der Waals surface area (Å²) < 4.78 is 0. The fourth-order valence-corrected chi connectivity index (χ4v) is 9.47. The summed E-state index contributed by atoms with van der Waals surface area (Å²) in [5.41, 5.74) is 10.2. The predicted octanol–water partition coefficient (Wildman–Crippen LogP) is 9.36. The molecule has 0 radical (unpaired) electrons. The van der Waals surface area contributed by atoms with Crippen molar-refractivity contribution in [3.05, 3.63) is 178 Å². The number of ketones is 2. The second-order valence-corrected chi connectivity index (χ2v) is 14.3. The molecule has 50 heavy (non-hydrogen) atoms. The first-order valence-electron chi connectivity index (χ1n) is 16.7. The molecular weight excluding hydrogens is 637 g/mol. The second kappa shape index (κ2) is 10.7. The lowest BCUT2D eigenvalue weighted by Gasteiger charge is -2.32. The van der Waals surface area contributed by atoms with E-state index in [4.69, 9.17) is 4.98 Å². The lowest BCUT2D eigenvalue weighted by molar-refractivity contribution is 0.0988. The zero-order valence-corrected chi connectivity index (χ0v) is 27.8. The molecule has 3 aromatic carbocycles. The van der Waals surface area contributed by atoms with Gasteiger partial charge in [-0.05, 0) is 82.1 Å². The van der Waals surface area contributed by atoms with Crippen LogP contribution in [0.5, 0.6) is 0 Å². The molecule has 0 amide bonds. The van der Waals surface area contributed by atoms with Gasteiger partial charge in [-0.3, -0.25) is 14.5 Å². The summed E-state index contributed by atoms with van der Waals surface area (Å²) in [6.07, 6.45) is 14.1. The van der Waals surface area contributed by atoms with Gasteiger partial charge in [0.15, 0.2) is 0 Å². The number of rotatable bonds is 4. The predicted molar refractivity (Wildman–Crippen MR) is 197 cm³/mol. The van der Waals surface area contributed by atoms with Crippen molar-refractivity contribution in [3.63, 3.8) is 0 Å². The van der Waals surface area contributed by atoms with E-state index in [9.17, 15) is 9.59 Å². The highest BCUT2D eigenvalue weighted by molar-refractivity contribution is 7.16. The van der Waals surface area contributed by atoms with E-state index in [1.54, 1.807) is 17.4 Å². The van der Waals surface area contributed by atoms with E-state index >= 15 is 0 Å². The Morgan fingerprint density at radius 1 is 0.760 bits per heavy atom. The molecule has 4 aliphatic carbocycles. The van der Waals surface area contributed by atoms with Crippen LogP contribution in [-0.4, -0.2) is 26.5 Å². The molecule has 7 heteroatoms. The van der Waals surface area contributed by atoms with Crippen LogP contribution in [0.15, 0.2) is 139 Å². The maximum absolute atomic E-state index is 13.3. The molecule has 6 nitrogen and oxygen atoms in total. The molecule has 0 aliphatic heterocycles. The van der Waals surface area contributed by atoms with E-state index in [2.05, 4.69) is 125 Å². The van der Waals surface area contributed by atoms with E-state index in [0.29, 0.717) is 5.92 Å². The van der Waals surface area contributed by atoms with Gasteiger partial charge in [-0.25, -0.2) is 15.0 Å². The van der Waals surface area contributed by atoms with Crippen LogP contribution in [0, 0.1) is 5.92 Å². The first-order valence-corrected chi connectivity index (χ1v) is 17.5. The number of fused-ring (bicyclic) bond motifs is 11. The van der Waals surface area contributed by atoms with Crippen LogP contribution in [0.4, 0.5) is 11.5 Å². The lowest BCUT2D eigenvalue weighted by Crippen LogP contribution is -2.26. The molecule has 4 aliphatic rings. The molecule has 6 aromatic rings. The van der Waals surface area contributed by atoms with Crippen LogP contribution in [-0.2, 0) is 5.41 Å². The van der Waals surface area contributed by atoms with Gasteiger partial charge < -0.3 is 0 Å². The number of nitrogens with zero attached hydrogens (tertiary/aromatic N) is 4. The van der Waals surface area contributed by atoms with Gasteiger partial charge in [0, 0.05) is 45.3 Å². The van der Waals surface area contributed by atoms with Gasteiger partial charge in [-0.15, -0.1) is 11.3 Å². The third kappa shape index (κ3) is 3.92. The minimum Gasteiger partial charge on any atom is -0.299 e. The minimum absolute atomic E-state index is 0.101. The van der Waals surface area contributed by atoms with Crippen molar-refractivity contribution in [3.8, 4) is 21.6 Å². The Bertz CT molecular complexity index is 2460. The quantitative estimate of drug-likeness (QED) is 0.138. The van der Waals surface area contributed by atoms with Crippen LogP contribution in [0.1, 0.15) is 61.5 Å². The van der Waals surface area contributed by atoms with Gasteiger partial charge in [0.05, 0.1) is 11.0 Å². The summed E-state index contributed by atoms with van der Waals surface area (Å²) >= 11 is 1.59. The zero-order valence-electron chi connectivity index (χ0n) is 27.0. The molecule has 3 heterocycles. The molecule has 1 spiro atoms. The number of carbonyl (C=O) groups is 2. The number of hydrogen-bond acceptors (Lipinski definition) is 7. The number of para-hydroxylation sites is 1. The van der Waals surface area contributed by atoms with Crippen LogP contribution >= 0.6 is 11.3 Å². The van der Waals surface area contributed by atoms with Gasteiger partial charge in [0.1, 0.15) is 17.2 Å². The van der Waals surface area contributed by atoms with Crippen LogP contribution in [0.2, 0.25) is 0 Å². The van der Waals surface area contributed by atoms with Crippen molar-refractivity contribution in [2.75, 3.05) is 4.90 Å². The van der Waals surface area contributed by atoms with E-state index in [1.165, 1.54) is 45.9 Å². The number of hydrogen-bond donors (Lipinski definition) is 0. The fraction of sp³-hybridized carbons (Fsp3) is 0.0930. The third-order valence-electron chi connectivity index (χ3n) is 10.3. The standard InChI is InChI=1S/C43H28N4O2S/c1-25-10-9-13-27(20-25)47(26-11-3-2-4-12-26)37-23-35-32(24-46-37)42-36(43(35)33-16-7-5-14-29(33)30-15-6-8-17-34(30)43)22-28(50-42)21-31-40(48)38-39(41(31)49)45-19-18-44-38/h2-19,21-25H,20H2,1H3. The normalized spacial score (nSPS) is 17.3. The smallest absolute Gasteiger partial charge is 0.217 e. The fourth-order valence-electron chi connectivity index (χ4n) is 8.29. The third-order valence-corrected chi connectivity index (χ3v) is 11.5. The maximum Gasteiger partial charge on any atom is 0.217 e. The highest BCUT2D eigenvalue weighted by atomic mass is 32.1. The van der Waals surface area contributed by atoms with Crippen molar-refractivity contribution in [1.82, 2.24) is 15.0 Å². The molecule has 0 N–H and O–H groups in total. The molecule has 1 atom stereocenters.